The zero-order valence-electron chi connectivity index (χ0n) is 24.5. The first-order chi connectivity index (χ1) is 19.1. The number of carbonyl (C=O) groups excluding carboxylic acids is 1. The van der Waals surface area contributed by atoms with Gasteiger partial charge in [0, 0.05) is 23.0 Å². The number of fused-ring (bicyclic) bond motifs is 2. The zero-order valence-corrected chi connectivity index (χ0v) is 24.5. The summed E-state index contributed by atoms with van der Waals surface area (Å²) >= 11 is 0. The summed E-state index contributed by atoms with van der Waals surface area (Å²) in [6.45, 7) is 6.28. The molecule has 2 aliphatic heterocycles. The normalized spacial score (nSPS) is 22.9. The Balaban J connectivity index is 0.000000186. The lowest BCUT2D eigenvalue weighted by Crippen LogP contribution is -2.53. The van der Waals surface area contributed by atoms with Crippen molar-refractivity contribution in [3.63, 3.8) is 0 Å². The molecule has 214 valence electrons. The summed E-state index contributed by atoms with van der Waals surface area (Å²) in [6, 6.07) is 31.6. The maximum Gasteiger partial charge on any atom is 0.316 e. The third-order valence-electron chi connectivity index (χ3n) is 9.24. The second-order valence-electron chi connectivity index (χ2n) is 12.3. The van der Waals surface area contributed by atoms with E-state index in [4.69, 9.17) is 10.5 Å². The topological polar surface area (TPSA) is 75.8 Å². The van der Waals surface area contributed by atoms with Crippen LogP contribution < -0.4 is 5.73 Å². The molecule has 0 amide bonds. The number of esters is 1. The fraction of sp³-hybridized carbons (Fsp3) is 0.457. The molecule has 5 nitrogen and oxygen atoms in total. The lowest BCUT2D eigenvalue weighted by Gasteiger charge is -2.42. The van der Waals surface area contributed by atoms with Crippen LogP contribution in [0.25, 0.3) is 0 Å². The summed E-state index contributed by atoms with van der Waals surface area (Å²) in [5.41, 5.74) is 9.56. The van der Waals surface area contributed by atoms with Gasteiger partial charge >= 0.3 is 5.97 Å². The molecule has 2 bridgehead atoms. The quantitative estimate of drug-likeness (QED) is 0.349. The van der Waals surface area contributed by atoms with Crippen molar-refractivity contribution in [1.82, 2.24) is 4.90 Å². The molecule has 5 heteroatoms. The van der Waals surface area contributed by atoms with Crippen LogP contribution in [0, 0.1) is 0 Å². The summed E-state index contributed by atoms with van der Waals surface area (Å²) in [5, 5.41) is 9.53. The van der Waals surface area contributed by atoms with E-state index in [1.807, 2.05) is 30.3 Å². The number of ether oxygens (including phenoxy) is 1. The van der Waals surface area contributed by atoms with Gasteiger partial charge in [0.05, 0.1) is 6.61 Å². The van der Waals surface area contributed by atoms with E-state index in [1.165, 1.54) is 24.0 Å². The van der Waals surface area contributed by atoms with Gasteiger partial charge in [0.1, 0.15) is 12.0 Å². The second kappa shape index (κ2) is 13.1. The molecular weight excluding hydrogens is 496 g/mol. The summed E-state index contributed by atoms with van der Waals surface area (Å²) in [4.78, 5) is 14.8. The smallest absolute Gasteiger partial charge is 0.316 e. The van der Waals surface area contributed by atoms with Crippen molar-refractivity contribution in [2.45, 2.75) is 87.9 Å². The molecule has 5 atom stereocenters. The number of piperidine rings is 1. The van der Waals surface area contributed by atoms with Gasteiger partial charge in [-0.2, -0.15) is 0 Å². The van der Waals surface area contributed by atoms with Crippen LogP contribution in [-0.4, -0.2) is 53.4 Å². The number of rotatable bonds is 8. The molecule has 2 saturated heterocycles. The summed E-state index contributed by atoms with van der Waals surface area (Å²) in [5.74, 6) is -0.860. The molecule has 3 aromatic carbocycles. The maximum absolute atomic E-state index is 12.4. The number of carbonyl (C=O) groups is 1. The molecule has 3 N–H and O–H groups in total. The van der Waals surface area contributed by atoms with Crippen LogP contribution in [0.2, 0.25) is 0 Å². The molecule has 0 spiro atoms. The number of nitrogens with two attached hydrogens (primary N) is 1. The van der Waals surface area contributed by atoms with Crippen molar-refractivity contribution in [3.8, 4) is 0 Å². The molecule has 3 aromatic rings. The van der Waals surface area contributed by atoms with Crippen molar-refractivity contribution < 1.29 is 14.6 Å². The third kappa shape index (κ3) is 7.01. The molecule has 3 unspecified atom stereocenters. The van der Waals surface area contributed by atoms with E-state index in [0.717, 1.165) is 24.8 Å². The van der Waals surface area contributed by atoms with E-state index < -0.39 is 5.92 Å². The first-order valence-corrected chi connectivity index (χ1v) is 14.6. The van der Waals surface area contributed by atoms with Crippen molar-refractivity contribution in [2.75, 3.05) is 13.7 Å². The predicted molar refractivity (Wildman–Crippen MR) is 162 cm³/mol. The van der Waals surface area contributed by atoms with Gasteiger partial charge in [-0.1, -0.05) is 97.9 Å². The SMILES string of the molecule is CC(C)(N)C(C)(Cc1ccccc1)c1ccccc1.CN1[C@@H]2CC[C@H]1CC(OC(=O)C(CO)c1ccccc1)C2. The minimum Gasteiger partial charge on any atom is -0.462 e. The van der Waals surface area contributed by atoms with Gasteiger partial charge in [-0.15, -0.1) is 0 Å². The van der Waals surface area contributed by atoms with Gasteiger partial charge in [0.25, 0.3) is 0 Å². The van der Waals surface area contributed by atoms with E-state index in [-0.39, 0.29) is 29.6 Å². The highest BCUT2D eigenvalue weighted by atomic mass is 16.5. The third-order valence-corrected chi connectivity index (χ3v) is 9.24. The Morgan fingerprint density at radius 1 is 0.900 bits per heavy atom. The van der Waals surface area contributed by atoms with Crippen LogP contribution in [0.15, 0.2) is 91.0 Å². The number of benzene rings is 3. The van der Waals surface area contributed by atoms with E-state index in [1.54, 1.807) is 0 Å². The minimum atomic E-state index is -0.566. The summed E-state index contributed by atoms with van der Waals surface area (Å²) < 4.78 is 5.70. The summed E-state index contributed by atoms with van der Waals surface area (Å²) in [7, 11) is 2.17. The Morgan fingerprint density at radius 3 is 1.90 bits per heavy atom. The van der Waals surface area contributed by atoms with E-state index >= 15 is 0 Å². The number of nitrogens with zero attached hydrogens (tertiary/aromatic N) is 1. The monoisotopic (exact) mass is 542 g/mol. The molecule has 0 saturated carbocycles. The van der Waals surface area contributed by atoms with Crippen LogP contribution in [0.3, 0.4) is 0 Å². The van der Waals surface area contributed by atoms with Crippen LogP contribution in [0.1, 0.15) is 69.1 Å². The fourth-order valence-corrected chi connectivity index (χ4v) is 6.22. The van der Waals surface area contributed by atoms with E-state index in [0.29, 0.717) is 12.1 Å². The van der Waals surface area contributed by atoms with Crippen molar-refractivity contribution >= 4 is 5.97 Å². The molecule has 40 heavy (non-hydrogen) atoms. The van der Waals surface area contributed by atoms with E-state index in [9.17, 15) is 9.90 Å². The zero-order chi connectivity index (χ0) is 28.8. The largest absolute Gasteiger partial charge is 0.462 e. The van der Waals surface area contributed by atoms with Gasteiger partial charge < -0.3 is 20.5 Å². The average molecular weight is 543 g/mol. The number of hydrogen-bond donors (Lipinski definition) is 2. The first kappa shape index (κ1) is 30.0. The highest BCUT2D eigenvalue weighted by Crippen LogP contribution is 2.37. The van der Waals surface area contributed by atoms with Gasteiger partial charge in [0.15, 0.2) is 0 Å². The van der Waals surface area contributed by atoms with Gasteiger partial charge in [-0.3, -0.25) is 4.79 Å². The highest BCUT2D eigenvalue weighted by molar-refractivity contribution is 5.78. The molecular formula is C35H46N2O3. The summed E-state index contributed by atoms with van der Waals surface area (Å²) in [6.07, 6.45) is 5.21. The van der Waals surface area contributed by atoms with Gasteiger partial charge in [-0.25, -0.2) is 0 Å². The number of aliphatic hydroxyl groups is 1. The Hall–Kier alpha value is -2.99. The first-order valence-electron chi connectivity index (χ1n) is 14.6. The Labute approximate surface area is 240 Å². The molecule has 0 aliphatic carbocycles. The van der Waals surface area contributed by atoms with Crippen molar-refractivity contribution in [2.24, 2.45) is 5.73 Å². The van der Waals surface area contributed by atoms with Gasteiger partial charge in [0.2, 0.25) is 0 Å². The number of aliphatic hydroxyl groups excluding tert-OH is 1. The minimum absolute atomic E-state index is 0.00367. The van der Waals surface area contributed by atoms with E-state index in [2.05, 4.69) is 93.4 Å². The molecule has 2 heterocycles. The van der Waals surface area contributed by atoms with Crippen LogP contribution in [-0.2, 0) is 21.4 Å². The number of hydrogen-bond acceptors (Lipinski definition) is 5. The van der Waals surface area contributed by atoms with Gasteiger partial charge in [-0.05, 0) is 69.7 Å². The average Bonchev–Trinajstić information content (AvgIpc) is 3.15. The standard InChI is InChI=1S/C18H23N.C17H23NO3/c1-17(2,19)18(3,16-12-8-5-9-13-16)14-15-10-6-4-7-11-15;1-18-13-7-8-14(18)10-15(9-13)21-17(20)16(11-19)12-5-3-2-4-6-12/h4-13H,14,19H2,1-3H3;2-6,13-16,19H,7-11H2,1H3/t;13-,14+,15?,16?. The molecule has 0 radical (unpaired) electrons. The second-order valence-corrected chi connectivity index (χ2v) is 12.3. The van der Waals surface area contributed by atoms with Crippen molar-refractivity contribution in [3.05, 3.63) is 108 Å². The van der Waals surface area contributed by atoms with Crippen LogP contribution >= 0.6 is 0 Å². The lowest BCUT2D eigenvalue weighted by atomic mass is 9.65. The Kier molecular flexibility index (Phi) is 9.83. The Bertz CT molecular complexity index is 1180. The maximum atomic E-state index is 12.4. The molecule has 0 aromatic heterocycles. The molecule has 2 fully saturated rings. The van der Waals surface area contributed by atoms with Crippen LogP contribution in [0.4, 0.5) is 0 Å². The van der Waals surface area contributed by atoms with Crippen LogP contribution in [0.5, 0.6) is 0 Å². The van der Waals surface area contributed by atoms with Crippen molar-refractivity contribution in [1.29, 1.82) is 0 Å². The molecule has 5 rings (SSSR count). The fourth-order valence-electron chi connectivity index (χ4n) is 6.22. The Morgan fingerprint density at radius 2 is 1.40 bits per heavy atom. The lowest BCUT2D eigenvalue weighted by molar-refractivity contribution is -0.155. The highest BCUT2D eigenvalue weighted by Gasteiger charge is 2.41. The molecule has 2 aliphatic rings. The predicted octanol–water partition coefficient (Wildman–Crippen LogP) is 5.86.